The molecule has 0 spiro atoms. The van der Waals surface area contributed by atoms with Crippen LogP contribution >= 0.6 is 0 Å². The summed E-state index contributed by atoms with van der Waals surface area (Å²) in [6, 6.07) is 8.48. The summed E-state index contributed by atoms with van der Waals surface area (Å²) in [4.78, 5) is 2.50. The lowest BCUT2D eigenvalue weighted by Gasteiger charge is -2.31. The van der Waals surface area contributed by atoms with Crippen LogP contribution in [0.2, 0.25) is 0 Å². The fraction of sp³-hybridized carbons (Fsp3) is 0.526. The molecule has 0 bridgehead atoms. The van der Waals surface area contributed by atoms with Crippen molar-refractivity contribution in [2.45, 2.75) is 52.5 Å². The number of likely N-dealkylation sites (tertiary alicyclic amines) is 1. The van der Waals surface area contributed by atoms with E-state index < -0.39 is 0 Å². The minimum absolute atomic E-state index is 0.393. The Morgan fingerprint density at radius 3 is 2.70 bits per heavy atom. The third-order valence-electron chi connectivity index (χ3n) is 4.69. The number of aromatic nitrogens is 2. The highest BCUT2D eigenvalue weighted by Crippen LogP contribution is 2.18. The van der Waals surface area contributed by atoms with Crippen LogP contribution in [0.1, 0.15) is 36.5 Å². The summed E-state index contributed by atoms with van der Waals surface area (Å²) < 4.78 is 8.12. The fourth-order valence-electron chi connectivity index (χ4n) is 3.13. The maximum atomic E-state index is 6.13. The molecule has 0 unspecified atom stereocenters. The first kappa shape index (κ1) is 16.2. The van der Waals surface area contributed by atoms with Crippen molar-refractivity contribution in [1.29, 1.82) is 0 Å². The summed E-state index contributed by atoms with van der Waals surface area (Å²) in [6.07, 6.45) is 6.77. The average molecular weight is 313 g/mol. The Hall–Kier alpha value is -1.65. The lowest BCUT2D eigenvalue weighted by molar-refractivity contribution is -0.00412. The maximum Gasteiger partial charge on any atom is 0.0723 e. The lowest BCUT2D eigenvalue weighted by atomic mass is 10.1. The zero-order chi connectivity index (χ0) is 16.1. The molecule has 4 nitrogen and oxygen atoms in total. The minimum Gasteiger partial charge on any atom is -0.373 e. The monoisotopic (exact) mass is 313 g/mol. The minimum atomic E-state index is 0.393. The highest BCUT2D eigenvalue weighted by Gasteiger charge is 2.20. The highest BCUT2D eigenvalue weighted by molar-refractivity contribution is 5.24. The average Bonchev–Trinajstić information content (AvgIpc) is 3.03. The number of benzene rings is 1. The van der Waals surface area contributed by atoms with Crippen LogP contribution in [0.25, 0.3) is 0 Å². The number of hydrogen-bond acceptors (Lipinski definition) is 3. The van der Waals surface area contributed by atoms with Gasteiger partial charge < -0.3 is 4.74 Å². The van der Waals surface area contributed by atoms with Gasteiger partial charge in [0.15, 0.2) is 0 Å². The smallest absolute Gasteiger partial charge is 0.0723 e. The molecule has 1 aliphatic rings. The van der Waals surface area contributed by atoms with Crippen molar-refractivity contribution in [3.63, 3.8) is 0 Å². The van der Waals surface area contributed by atoms with Gasteiger partial charge in [0.2, 0.25) is 0 Å². The Bertz CT molecular complexity index is 615. The number of aryl methyl sites for hydroxylation is 2. The third kappa shape index (κ3) is 4.43. The number of rotatable bonds is 6. The molecule has 1 saturated heterocycles. The van der Waals surface area contributed by atoms with Crippen molar-refractivity contribution in [3.05, 3.63) is 53.3 Å². The van der Waals surface area contributed by atoms with Crippen molar-refractivity contribution in [3.8, 4) is 0 Å². The molecule has 0 atom stereocenters. The third-order valence-corrected chi connectivity index (χ3v) is 4.69. The van der Waals surface area contributed by atoms with Gasteiger partial charge in [0.05, 0.1) is 18.9 Å². The molecular weight excluding hydrogens is 286 g/mol. The molecule has 1 fully saturated rings. The molecule has 2 heterocycles. The van der Waals surface area contributed by atoms with Gasteiger partial charge in [-0.3, -0.25) is 9.58 Å². The second-order valence-corrected chi connectivity index (χ2v) is 6.42. The van der Waals surface area contributed by atoms with E-state index in [9.17, 15) is 0 Å². The summed E-state index contributed by atoms with van der Waals surface area (Å²) in [5, 5.41) is 4.35. The first-order valence-corrected chi connectivity index (χ1v) is 8.64. The predicted molar refractivity (Wildman–Crippen MR) is 92.2 cm³/mol. The van der Waals surface area contributed by atoms with E-state index in [2.05, 4.69) is 54.3 Å². The van der Waals surface area contributed by atoms with Gasteiger partial charge in [0, 0.05) is 37.9 Å². The van der Waals surface area contributed by atoms with Crippen LogP contribution in [0.15, 0.2) is 36.7 Å². The molecule has 23 heavy (non-hydrogen) atoms. The summed E-state index contributed by atoms with van der Waals surface area (Å²) in [5.41, 5.74) is 3.94. The largest absolute Gasteiger partial charge is 0.373 e. The van der Waals surface area contributed by atoms with Gasteiger partial charge in [-0.05, 0) is 37.8 Å². The van der Waals surface area contributed by atoms with Crippen LogP contribution < -0.4 is 0 Å². The van der Waals surface area contributed by atoms with E-state index in [-0.39, 0.29) is 0 Å². The van der Waals surface area contributed by atoms with Crippen LogP contribution in [0.3, 0.4) is 0 Å². The van der Waals surface area contributed by atoms with Crippen molar-refractivity contribution in [2.24, 2.45) is 0 Å². The molecule has 2 aromatic rings. The standard InChI is InChI=1S/C19H27N3O/c1-3-22-14-17(12-20-22)13-21-10-8-19(9-11-21)23-15-18-7-5-4-6-16(18)2/h4-7,12,14,19H,3,8-11,13,15H2,1-2H3. The molecule has 0 N–H and O–H groups in total. The molecule has 1 aliphatic heterocycles. The number of ether oxygens (including phenoxy) is 1. The summed E-state index contributed by atoms with van der Waals surface area (Å²) in [7, 11) is 0. The summed E-state index contributed by atoms with van der Waals surface area (Å²) in [6.45, 7) is 9.16. The molecule has 0 aliphatic carbocycles. The predicted octanol–water partition coefficient (Wildman–Crippen LogP) is 3.39. The molecule has 1 aromatic carbocycles. The quantitative estimate of drug-likeness (QED) is 0.819. The van der Waals surface area contributed by atoms with Crippen LogP contribution in [-0.4, -0.2) is 33.9 Å². The van der Waals surface area contributed by atoms with E-state index >= 15 is 0 Å². The van der Waals surface area contributed by atoms with Gasteiger partial charge in [-0.1, -0.05) is 24.3 Å². The normalized spacial score (nSPS) is 16.8. The lowest BCUT2D eigenvalue weighted by Crippen LogP contribution is -2.36. The van der Waals surface area contributed by atoms with E-state index in [4.69, 9.17) is 4.74 Å². The Kier molecular flexibility index (Phi) is 5.47. The number of hydrogen-bond donors (Lipinski definition) is 0. The highest BCUT2D eigenvalue weighted by atomic mass is 16.5. The van der Waals surface area contributed by atoms with E-state index in [1.54, 1.807) is 0 Å². The first-order valence-electron chi connectivity index (χ1n) is 8.64. The SMILES string of the molecule is CCn1cc(CN2CCC(OCc3ccccc3C)CC2)cn1. The molecule has 0 radical (unpaired) electrons. The number of nitrogens with zero attached hydrogens (tertiary/aromatic N) is 3. The second kappa shape index (κ2) is 7.75. The molecule has 0 amide bonds. The Morgan fingerprint density at radius 1 is 1.22 bits per heavy atom. The van der Waals surface area contributed by atoms with Gasteiger partial charge >= 0.3 is 0 Å². The van der Waals surface area contributed by atoms with E-state index in [1.807, 2.05) is 10.9 Å². The van der Waals surface area contributed by atoms with E-state index in [1.165, 1.54) is 16.7 Å². The topological polar surface area (TPSA) is 30.3 Å². The Morgan fingerprint density at radius 2 is 2.00 bits per heavy atom. The molecule has 3 rings (SSSR count). The van der Waals surface area contributed by atoms with Crippen LogP contribution in [0.5, 0.6) is 0 Å². The van der Waals surface area contributed by atoms with Crippen molar-refractivity contribution < 1.29 is 4.74 Å². The van der Waals surface area contributed by atoms with Crippen LogP contribution in [0.4, 0.5) is 0 Å². The molecule has 124 valence electrons. The zero-order valence-electron chi connectivity index (χ0n) is 14.2. The summed E-state index contributed by atoms with van der Waals surface area (Å²) >= 11 is 0. The van der Waals surface area contributed by atoms with Gasteiger partial charge in [-0.15, -0.1) is 0 Å². The van der Waals surface area contributed by atoms with Gasteiger partial charge in [0.1, 0.15) is 0 Å². The van der Waals surface area contributed by atoms with Crippen LogP contribution in [0, 0.1) is 6.92 Å². The van der Waals surface area contributed by atoms with Crippen LogP contribution in [-0.2, 0) is 24.4 Å². The molecular formula is C19H27N3O. The van der Waals surface area contributed by atoms with Gasteiger partial charge in [-0.2, -0.15) is 5.10 Å². The molecule has 1 aromatic heterocycles. The van der Waals surface area contributed by atoms with Gasteiger partial charge in [-0.25, -0.2) is 0 Å². The number of piperidine rings is 1. The van der Waals surface area contributed by atoms with Crippen molar-refractivity contribution in [2.75, 3.05) is 13.1 Å². The first-order chi connectivity index (χ1) is 11.2. The summed E-state index contributed by atoms with van der Waals surface area (Å²) in [5.74, 6) is 0. The van der Waals surface area contributed by atoms with Crippen molar-refractivity contribution >= 4 is 0 Å². The van der Waals surface area contributed by atoms with E-state index in [0.29, 0.717) is 6.10 Å². The maximum absolute atomic E-state index is 6.13. The van der Waals surface area contributed by atoms with Crippen molar-refractivity contribution in [1.82, 2.24) is 14.7 Å². The second-order valence-electron chi connectivity index (χ2n) is 6.42. The van der Waals surface area contributed by atoms with Gasteiger partial charge in [0.25, 0.3) is 0 Å². The Balaban J connectivity index is 1.42. The fourth-order valence-corrected chi connectivity index (χ4v) is 3.13. The zero-order valence-corrected chi connectivity index (χ0v) is 14.2. The molecule has 0 saturated carbocycles. The Labute approximate surface area is 139 Å². The molecule has 4 heteroatoms. The van der Waals surface area contributed by atoms with E-state index in [0.717, 1.165) is 45.6 Å².